The summed E-state index contributed by atoms with van der Waals surface area (Å²) in [6.07, 6.45) is 1.17. The number of anilines is 1. The first kappa shape index (κ1) is 22.7. The second-order valence-corrected chi connectivity index (χ2v) is 8.48. The van der Waals surface area contributed by atoms with Crippen LogP contribution in [0.1, 0.15) is 38.8 Å². The van der Waals surface area contributed by atoms with E-state index in [1.165, 1.54) is 31.6 Å². The van der Waals surface area contributed by atoms with E-state index < -0.39 is 23.5 Å². The molecule has 0 saturated carbocycles. The summed E-state index contributed by atoms with van der Waals surface area (Å²) < 4.78 is 38.0. The number of methoxy groups -OCH3 is 2. The number of aryl methyl sites for hydroxylation is 1. The van der Waals surface area contributed by atoms with Gasteiger partial charge in [0, 0.05) is 28.6 Å². The van der Waals surface area contributed by atoms with Gasteiger partial charge in [-0.2, -0.15) is 0 Å². The van der Waals surface area contributed by atoms with Gasteiger partial charge in [-0.1, -0.05) is 6.07 Å². The van der Waals surface area contributed by atoms with Crippen LogP contribution in [0.3, 0.4) is 0 Å². The van der Waals surface area contributed by atoms with Gasteiger partial charge in [0.25, 0.3) is 5.91 Å². The summed E-state index contributed by atoms with van der Waals surface area (Å²) in [5.74, 6) is -1.78. The SMILES string of the molecule is COc1cc(OC)cc(C(=O)Nc2nc3c(s2)CCC3C(=O)NCc2c(F)cccc2F)c1. The van der Waals surface area contributed by atoms with E-state index in [2.05, 4.69) is 15.6 Å². The van der Waals surface area contributed by atoms with Gasteiger partial charge in [0.1, 0.15) is 23.1 Å². The number of fused-ring (bicyclic) bond motifs is 1. The fourth-order valence-electron chi connectivity index (χ4n) is 3.64. The topological polar surface area (TPSA) is 89.6 Å². The lowest BCUT2D eigenvalue weighted by Crippen LogP contribution is -2.29. The van der Waals surface area contributed by atoms with Crippen molar-refractivity contribution >= 4 is 28.3 Å². The van der Waals surface area contributed by atoms with E-state index in [0.717, 1.165) is 17.0 Å². The molecule has 2 N–H and O–H groups in total. The number of amides is 2. The highest BCUT2D eigenvalue weighted by molar-refractivity contribution is 7.16. The molecule has 1 heterocycles. The van der Waals surface area contributed by atoms with Crippen molar-refractivity contribution in [1.82, 2.24) is 10.3 Å². The van der Waals surface area contributed by atoms with Gasteiger partial charge in [0.2, 0.25) is 5.91 Å². The summed E-state index contributed by atoms with van der Waals surface area (Å²) >= 11 is 1.30. The van der Waals surface area contributed by atoms with E-state index in [9.17, 15) is 18.4 Å². The van der Waals surface area contributed by atoms with Crippen molar-refractivity contribution in [2.45, 2.75) is 25.3 Å². The summed E-state index contributed by atoms with van der Waals surface area (Å²) in [5.41, 5.74) is 0.719. The predicted molar refractivity (Wildman–Crippen MR) is 119 cm³/mol. The lowest BCUT2D eigenvalue weighted by molar-refractivity contribution is -0.122. The van der Waals surface area contributed by atoms with Crippen molar-refractivity contribution < 1.29 is 27.8 Å². The highest BCUT2D eigenvalue weighted by atomic mass is 32.1. The van der Waals surface area contributed by atoms with E-state index in [1.54, 1.807) is 18.2 Å². The monoisotopic (exact) mass is 473 g/mol. The molecule has 0 aliphatic heterocycles. The van der Waals surface area contributed by atoms with Crippen molar-refractivity contribution in [2.24, 2.45) is 0 Å². The Hall–Kier alpha value is -3.53. The minimum atomic E-state index is -0.713. The summed E-state index contributed by atoms with van der Waals surface area (Å²) in [6.45, 7) is -0.255. The van der Waals surface area contributed by atoms with Crippen molar-refractivity contribution in [3.63, 3.8) is 0 Å². The van der Waals surface area contributed by atoms with Gasteiger partial charge in [0.05, 0.1) is 25.8 Å². The molecule has 172 valence electrons. The van der Waals surface area contributed by atoms with Crippen LogP contribution in [0.5, 0.6) is 11.5 Å². The number of benzene rings is 2. The number of thiazole rings is 1. The number of carbonyl (C=O) groups is 2. The molecule has 3 aromatic rings. The molecule has 1 atom stereocenters. The molecule has 0 bridgehead atoms. The molecule has 1 aliphatic rings. The number of rotatable bonds is 7. The van der Waals surface area contributed by atoms with Crippen molar-refractivity contribution in [1.29, 1.82) is 0 Å². The van der Waals surface area contributed by atoms with Gasteiger partial charge in [-0.25, -0.2) is 13.8 Å². The number of nitrogens with one attached hydrogen (secondary N) is 2. The van der Waals surface area contributed by atoms with Crippen LogP contribution in [0.4, 0.5) is 13.9 Å². The predicted octanol–water partition coefficient (Wildman–Crippen LogP) is 4.04. The lowest BCUT2D eigenvalue weighted by Gasteiger charge is -2.12. The zero-order chi connectivity index (χ0) is 23.5. The highest BCUT2D eigenvalue weighted by Crippen LogP contribution is 2.38. The van der Waals surface area contributed by atoms with Crippen LogP contribution in [0.2, 0.25) is 0 Å². The number of halogens is 2. The van der Waals surface area contributed by atoms with E-state index in [0.29, 0.717) is 40.7 Å². The normalized spacial score (nSPS) is 14.5. The number of ether oxygens (including phenoxy) is 2. The quantitative estimate of drug-likeness (QED) is 0.541. The van der Waals surface area contributed by atoms with E-state index >= 15 is 0 Å². The first-order valence-electron chi connectivity index (χ1n) is 10.1. The van der Waals surface area contributed by atoms with Crippen LogP contribution in [0.15, 0.2) is 36.4 Å². The summed E-state index contributed by atoms with van der Waals surface area (Å²) in [7, 11) is 2.99. The average molecular weight is 474 g/mol. The third-order valence-corrected chi connectivity index (χ3v) is 6.42. The smallest absolute Gasteiger partial charge is 0.257 e. The van der Waals surface area contributed by atoms with Crippen LogP contribution in [0, 0.1) is 11.6 Å². The summed E-state index contributed by atoms with van der Waals surface area (Å²) in [4.78, 5) is 30.7. The Kier molecular flexibility index (Phi) is 6.55. The first-order chi connectivity index (χ1) is 15.9. The van der Waals surface area contributed by atoms with Gasteiger partial charge in [-0.3, -0.25) is 14.9 Å². The maximum absolute atomic E-state index is 13.8. The van der Waals surface area contributed by atoms with Crippen LogP contribution in [0.25, 0.3) is 0 Å². The molecule has 0 radical (unpaired) electrons. The number of aromatic nitrogens is 1. The standard InChI is InChI=1S/C23H21F2N3O4S/c1-31-13-8-12(9-14(10-13)32-2)21(29)28-23-27-20-15(6-7-19(20)33-23)22(30)26-11-16-17(24)4-3-5-18(16)25/h3-5,8-10,15H,6-7,11H2,1-2H3,(H,26,30)(H,27,28,29). The molecule has 0 spiro atoms. The molecular weight excluding hydrogens is 452 g/mol. The zero-order valence-electron chi connectivity index (χ0n) is 17.9. The Morgan fingerprint density at radius 3 is 2.42 bits per heavy atom. The number of hydrogen-bond donors (Lipinski definition) is 2. The van der Waals surface area contributed by atoms with Crippen molar-refractivity contribution in [2.75, 3.05) is 19.5 Å². The van der Waals surface area contributed by atoms with Crippen LogP contribution in [-0.2, 0) is 17.8 Å². The lowest BCUT2D eigenvalue weighted by atomic mass is 10.1. The van der Waals surface area contributed by atoms with Crippen LogP contribution < -0.4 is 20.1 Å². The molecule has 0 saturated heterocycles. The van der Waals surface area contributed by atoms with E-state index in [4.69, 9.17) is 9.47 Å². The Morgan fingerprint density at radius 2 is 1.79 bits per heavy atom. The van der Waals surface area contributed by atoms with Gasteiger partial charge in [-0.05, 0) is 37.1 Å². The first-order valence-corrected chi connectivity index (χ1v) is 11.0. The summed E-state index contributed by atoms with van der Waals surface area (Å²) in [5, 5.41) is 5.71. The zero-order valence-corrected chi connectivity index (χ0v) is 18.7. The fraction of sp³-hybridized carbons (Fsp3) is 0.261. The largest absolute Gasteiger partial charge is 0.497 e. The van der Waals surface area contributed by atoms with E-state index in [-0.39, 0.29) is 18.0 Å². The molecule has 4 rings (SSSR count). The molecule has 2 amide bonds. The number of carbonyl (C=O) groups excluding carboxylic acids is 2. The van der Waals surface area contributed by atoms with Crippen molar-refractivity contribution in [3.8, 4) is 11.5 Å². The molecule has 1 unspecified atom stereocenters. The van der Waals surface area contributed by atoms with E-state index in [1.807, 2.05) is 0 Å². The van der Waals surface area contributed by atoms with Crippen LogP contribution in [-0.4, -0.2) is 31.0 Å². The average Bonchev–Trinajstić information content (AvgIpc) is 3.38. The molecule has 1 aromatic heterocycles. The molecule has 1 aliphatic carbocycles. The minimum absolute atomic E-state index is 0.191. The van der Waals surface area contributed by atoms with Crippen LogP contribution >= 0.6 is 11.3 Å². The van der Waals surface area contributed by atoms with Gasteiger partial charge < -0.3 is 14.8 Å². The molecule has 33 heavy (non-hydrogen) atoms. The Balaban J connectivity index is 1.45. The minimum Gasteiger partial charge on any atom is -0.497 e. The highest BCUT2D eigenvalue weighted by Gasteiger charge is 2.33. The van der Waals surface area contributed by atoms with Gasteiger partial charge >= 0.3 is 0 Å². The fourth-order valence-corrected chi connectivity index (χ4v) is 4.68. The molecule has 7 nitrogen and oxygen atoms in total. The van der Waals surface area contributed by atoms with Crippen molar-refractivity contribution in [3.05, 3.63) is 69.7 Å². The second kappa shape index (κ2) is 9.53. The Morgan fingerprint density at radius 1 is 1.12 bits per heavy atom. The Bertz CT molecular complexity index is 1170. The molecule has 0 fully saturated rings. The molecule has 2 aromatic carbocycles. The number of nitrogens with zero attached hydrogens (tertiary/aromatic N) is 1. The maximum atomic E-state index is 13.8. The third-order valence-electron chi connectivity index (χ3n) is 5.37. The number of hydrogen-bond acceptors (Lipinski definition) is 6. The maximum Gasteiger partial charge on any atom is 0.257 e. The Labute approximate surface area is 192 Å². The third kappa shape index (κ3) is 4.80. The molecule has 10 heteroatoms. The second-order valence-electron chi connectivity index (χ2n) is 7.39. The van der Waals surface area contributed by atoms with Gasteiger partial charge in [0.15, 0.2) is 5.13 Å². The molecular formula is C23H21F2N3O4S. The van der Waals surface area contributed by atoms with Gasteiger partial charge in [-0.15, -0.1) is 11.3 Å². The summed E-state index contributed by atoms with van der Waals surface area (Å²) in [6, 6.07) is 8.38.